The topological polar surface area (TPSA) is 69.0 Å². The monoisotopic (exact) mass is 322 g/mol. The third-order valence-electron chi connectivity index (χ3n) is 3.50. The summed E-state index contributed by atoms with van der Waals surface area (Å²) in [6.07, 6.45) is 6.57. The lowest BCUT2D eigenvalue weighted by Gasteiger charge is -2.10. The van der Waals surface area contributed by atoms with Crippen LogP contribution in [0.5, 0.6) is 5.75 Å². The summed E-state index contributed by atoms with van der Waals surface area (Å²) in [4.78, 5) is 16.4. The number of pyridine rings is 1. The van der Waals surface area contributed by atoms with Gasteiger partial charge in [-0.15, -0.1) is 0 Å². The average Bonchev–Trinajstić information content (AvgIpc) is 3.09. The molecule has 0 radical (unpaired) electrons. The lowest BCUT2D eigenvalue weighted by Crippen LogP contribution is -2.11. The highest BCUT2D eigenvalue weighted by Crippen LogP contribution is 2.23. The van der Waals surface area contributed by atoms with E-state index in [1.165, 1.54) is 6.20 Å². The highest BCUT2D eigenvalue weighted by atomic mass is 16.5. The molecule has 0 atom stereocenters. The number of carbonyl (C=O) groups excluding carboxylic acids is 1. The van der Waals surface area contributed by atoms with Gasteiger partial charge in [-0.25, -0.2) is 4.68 Å². The molecule has 1 N–H and O–H groups in total. The Balaban J connectivity index is 1.76. The third-order valence-corrected chi connectivity index (χ3v) is 3.50. The molecule has 1 aromatic carbocycles. The minimum Gasteiger partial charge on any atom is -0.494 e. The van der Waals surface area contributed by atoms with Gasteiger partial charge in [0.1, 0.15) is 5.75 Å². The number of ether oxygens (including phenoxy) is 1. The largest absolute Gasteiger partial charge is 0.494 e. The van der Waals surface area contributed by atoms with Gasteiger partial charge in [-0.1, -0.05) is 6.07 Å². The van der Waals surface area contributed by atoms with Crippen LogP contribution in [0.15, 0.2) is 55.1 Å². The number of rotatable bonds is 5. The molecule has 2 aromatic heterocycles. The molecule has 24 heavy (non-hydrogen) atoms. The molecule has 122 valence electrons. The summed E-state index contributed by atoms with van der Waals surface area (Å²) < 4.78 is 7.17. The van der Waals surface area contributed by atoms with Gasteiger partial charge >= 0.3 is 0 Å². The molecular weight excluding hydrogens is 304 g/mol. The fraction of sp³-hybridized carbons (Fsp3) is 0.167. The number of hydrogen-bond acceptors (Lipinski definition) is 4. The van der Waals surface area contributed by atoms with Gasteiger partial charge in [0.25, 0.3) is 5.91 Å². The molecule has 6 nitrogen and oxygen atoms in total. The molecule has 0 fully saturated rings. The fourth-order valence-electron chi connectivity index (χ4n) is 2.26. The van der Waals surface area contributed by atoms with Crippen molar-refractivity contribution in [3.8, 4) is 11.4 Å². The van der Waals surface area contributed by atoms with Crippen LogP contribution in [0.2, 0.25) is 0 Å². The summed E-state index contributed by atoms with van der Waals surface area (Å²) in [5, 5.41) is 7.06. The van der Waals surface area contributed by atoms with Crippen LogP contribution in [0, 0.1) is 6.92 Å². The second kappa shape index (κ2) is 6.95. The Bertz CT molecular complexity index is 843. The van der Waals surface area contributed by atoms with Gasteiger partial charge in [0.05, 0.1) is 30.3 Å². The smallest absolute Gasteiger partial charge is 0.258 e. The molecule has 2 heterocycles. The van der Waals surface area contributed by atoms with E-state index >= 15 is 0 Å². The predicted octanol–water partition coefficient (Wildman–Crippen LogP) is 3.23. The van der Waals surface area contributed by atoms with Crippen molar-refractivity contribution in [2.75, 3.05) is 11.9 Å². The number of hydrogen-bond donors (Lipinski definition) is 1. The normalized spacial score (nSPS) is 10.4. The number of carbonyl (C=O) groups is 1. The van der Waals surface area contributed by atoms with Crippen molar-refractivity contribution in [2.45, 2.75) is 13.8 Å². The second-order valence-corrected chi connectivity index (χ2v) is 5.25. The maximum Gasteiger partial charge on any atom is 0.258 e. The van der Waals surface area contributed by atoms with Crippen LogP contribution in [0.25, 0.3) is 5.69 Å². The molecule has 0 aliphatic heterocycles. The van der Waals surface area contributed by atoms with Crippen LogP contribution < -0.4 is 10.1 Å². The van der Waals surface area contributed by atoms with Crippen molar-refractivity contribution >= 4 is 11.6 Å². The van der Waals surface area contributed by atoms with Gasteiger partial charge in [-0.3, -0.25) is 9.78 Å². The molecule has 0 saturated carbocycles. The van der Waals surface area contributed by atoms with Gasteiger partial charge in [0.2, 0.25) is 0 Å². The summed E-state index contributed by atoms with van der Waals surface area (Å²) in [5.74, 6) is 0.540. The van der Waals surface area contributed by atoms with Gasteiger partial charge in [0, 0.05) is 24.1 Å². The first-order chi connectivity index (χ1) is 11.7. The first-order valence-electron chi connectivity index (χ1n) is 7.67. The SMILES string of the molecule is CCOc1cc(NC(=O)c2cnn(-c3cccnc3)c2)ccc1C. The molecule has 6 heteroatoms. The molecule has 3 aromatic rings. The number of nitrogens with one attached hydrogen (secondary N) is 1. The minimum absolute atomic E-state index is 0.226. The second-order valence-electron chi connectivity index (χ2n) is 5.25. The maximum atomic E-state index is 12.4. The summed E-state index contributed by atoms with van der Waals surface area (Å²) in [6.45, 7) is 4.47. The molecular formula is C18H18N4O2. The van der Waals surface area contributed by atoms with Crippen LogP contribution >= 0.6 is 0 Å². The van der Waals surface area contributed by atoms with Gasteiger partial charge in [-0.05, 0) is 37.6 Å². The van der Waals surface area contributed by atoms with Gasteiger partial charge < -0.3 is 10.1 Å². The number of aromatic nitrogens is 3. The van der Waals surface area contributed by atoms with Crippen molar-refractivity contribution in [2.24, 2.45) is 0 Å². The third kappa shape index (κ3) is 3.43. The van der Waals surface area contributed by atoms with E-state index in [9.17, 15) is 4.79 Å². The Kier molecular flexibility index (Phi) is 4.56. The van der Waals surface area contributed by atoms with E-state index in [4.69, 9.17) is 4.74 Å². The quantitative estimate of drug-likeness (QED) is 0.783. The number of nitrogens with zero attached hydrogens (tertiary/aromatic N) is 3. The molecule has 0 bridgehead atoms. The van der Waals surface area contributed by atoms with Crippen LogP contribution in [0.3, 0.4) is 0 Å². The van der Waals surface area contributed by atoms with Gasteiger partial charge in [-0.2, -0.15) is 5.10 Å². The maximum absolute atomic E-state index is 12.4. The zero-order valence-electron chi connectivity index (χ0n) is 13.6. The van der Waals surface area contributed by atoms with E-state index in [1.54, 1.807) is 23.3 Å². The first-order valence-corrected chi connectivity index (χ1v) is 7.67. The summed E-state index contributed by atoms with van der Waals surface area (Å²) in [5.41, 5.74) is 2.98. The van der Waals surface area contributed by atoms with Crippen LogP contribution in [-0.2, 0) is 0 Å². The number of amides is 1. The van der Waals surface area contributed by atoms with E-state index in [0.29, 0.717) is 17.9 Å². The van der Waals surface area contributed by atoms with Crippen LogP contribution in [-0.4, -0.2) is 27.3 Å². The standard InChI is InChI=1S/C18H18N4O2/c1-3-24-17-9-15(7-6-13(17)2)21-18(23)14-10-20-22(12-14)16-5-4-8-19-11-16/h4-12H,3H2,1-2H3,(H,21,23). The van der Waals surface area contributed by atoms with E-state index in [0.717, 1.165) is 17.0 Å². The zero-order chi connectivity index (χ0) is 16.9. The predicted molar refractivity (Wildman–Crippen MR) is 91.7 cm³/mol. The number of aryl methyl sites for hydroxylation is 1. The zero-order valence-corrected chi connectivity index (χ0v) is 13.6. The van der Waals surface area contributed by atoms with E-state index in [-0.39, 0.29) is 5.91 Å². The Hall–Kier alpha value is -3.15. The van der Waals surface area contributed by atoms with E-state index in [1.807, 2.05) is 44.2 Å². The molecule has 3 rings (SSSR count). The molecule has 0 aliphatic rings. The van der Waals surface area contributed by atoms with Crippen molar-refractivity contribution < 1.29 is 9.53 Å². The molecule has 0 spiro atoms. The summed E-state index contributed by atoms with van der Waals surface area (Å²) in [6, 6.07) is 9.28. The lowest BCUT2D eigenvalue weighted by atomic mass is 10.2. The van der Waals surface area contributed by atoms with Gasteiger partial charge in [0.15, 0.2) is 0 Å². The molecule has 1 amide bonds. The number of benzene rings is 1. The highest BCUT2D eigenvalue weighted by Gasteiger charge is 2.11. The average molecular weight is 322 g/mol. The van der Waals surface area contributed by atoms with Crippen molar-refractivity contribution in [3.05, 3.63) is 66.2 Å². The fourth-order valence-corrected chi connectivity index (χ4v) is 2.26. The van der Waals surface area contributed by atoms with E-state index < -0.39 is 0 Å². The lowest BCUT2D eigenvalue weighted by molar-refractivity contribution is 0.102. The Morgan fingerprint density at radius 1 is 1.29 bits per heavy atom. The summed E-state index contributed by atoms with van der Waals surface area (Å²) >= 11 is 0. The Morgan fingerprint density at radius 3 is 2.92 bits per heavy atom. The van der Waals surface area contributed by atoms with E-state index in [2.05, 4.69) is 15.4 Å². The first kappa shape index (κ1) is 15.7. The Labute approximate surface area is 140 Å². The van der Waals surface area contributed by atoms with Crippen molar-refractivity contribution in [1.29, 1.82) is 0 Å². The van der Waals surface area contributed by atoms with Crippen molar-refractivity contribution in [1.82, 2.24) is 14.8 Å². The van der Waals surface area contributed by atoms with Crippen LogP contribution in [0.4, 0.5) is 5.69 Å². The molecule has 0 saturated heterocycles. The molecule has 0 aliphatic carbocycles. The Morgan fingerprint density at radius 2 is 2.17 bits per heavy atom. The van der Waals surface area contributed by atoms with Crippen molar-refractivity contribution in [3.63, 3.8) is 0 Å². The molecule has 0 unspecified atom stereocenters. The van der Waals surface area contributed by atoms with Crippen LogP contribution in [0.1, 0.15) is 22.8 Å². The number of anilines is 1. The highest BCUT2D eigenvalue weighted by molar-refractivity contribution is 6.04. The minimum atomic E-state index is -0.226. The summed E-state index contributed by atoms with van der Waals surface area (Å²) in [7, 11) is 0.